The van der Waals surface area contributed by atoms with Gasteiger partial charge in [0, 0.05) is 18.0 Å². The van der Waals surface area contributed by atoms with Crippen LogP contribution in [0.4, 0.5) is 11.6 Å². The Morgan fingerprint density at radius 1 is 1.32 bits per heavy atom. The number of aromatic nitrogens is 2. The lowest BCUT2D eigenvalue weighted by Crippen LogP contribution is -2.44. The molecule has 1 aliphatic rings. The van der Waals surface area contributed by atoms with Gasteiger partial charge in [0.15, 0.2) is 0 Å². The lowest BCUT2D eigenvalue weighted by Gasteiger charge is -2.30. The molecule has 2 rings (SSSR count). The number of nitrogens with two attached hydrogens (primary N) is 3. The highest BCUT2D eigenvalue weighted by Gasteiger charge is 2.24. The highest BCUT2D eigenvalue weighted by Crippen LogP contribution is 2.21. The molecule has 0 aliphatic carbocycles. The van der Waals surface area contributed by atoms with Crippen molar-refractivity contribution in [2.45, 2.75) is 32.6 Å². The smallest absolute Gasteiger partial charge is 0.269 e. The SMILES string of the molecule is C=C/C(S)=C\C=C(/C)CCNC(=O)/C(N)=C(\CN1CCCCC1)N(N)c1nonc1N. The molecule has 170 valence electrons. The molecule has 0 bridgehead atoms. The Kier molecular flexibility index (Phi) is 9.63. The second kappa shape index (κ2) is 12.2. The molecular formula is C20H32N8O2S. The molecule has 0 radical (unpaired) electrons. The number of nitrogens with zero attached hydrogens (tertiary/aromatic N) is 4. The van der Waals surface area contributed by atoms with Crippen LogP contribution in [0, 0.1) is 0 Å². The van der Waals surface area contributed by atoms with Gasteiger partial charge < -0.3 is 16.8 Å². The van der Waals surface area contributed by atoms with E-state index in [1.807, 2.05) is 19.1 Å². The van der Waals surface area contributed by atoms with Crippen LogP contribution < -0.4 is 27.6 Å². The summed E-state index contributed by atoms with van der Waals surface area (Å²) in [5, 5.41) is 11.3. The van der Waals surface area contributed by atoms with Gasteiger partial charge >= 0.3 is 0 Å². The van der Waals surface area contributed by atoms with Gasteiger partial charge in [0.2, 0.25) is 11.6 Å². The van der Waals surface area contributed by atoms with Gasteiger partial charge in [-0.15, -0.1) is 12.6 Å². The van der Waals surface area contributed by atoms with Crippen LogP contribution in [-0.4, -0.2) is 47.3 Å². The van der Waals surface area contributed by atoms with E-state index in [2.05, 4.69) is 44.4 Å². The first-order valence-electron chi connectivity index (χ1n) is 10.1. The fourth-order valence-electron chi connectivity index (χ4n) is 3.08. The van der Waals surface area contributed by atoms with Crippen LogP contribution in [0.5, 0.6) is 0 Å². The molecule has 0 saturated carbocycles. The second-order valence-corrected chi connectivity index (χ2v) is 7.87. The Balaban J connectivity index is 2.11. The number of hydrazine groups is 1. The minimum Gasteiger partial charge on any atom is -0.393 e. The molecule has 31 heavy (non-hydrogen) atoms. The lowest BCUT2D eigenvalue weighted by molar-refractivity contribution is -0.117. The van der Waals surface area contributed by atoms with Gasteiger partial charge in [-0.05, 0) is 55.7 Å². The highest BCUT2D eigenvalue weighted by molar-refractivity contribution is 7.84. The lowest BCUT2D eigenvalue weighted by atomic mass is 10.1. The van der Waals surface area contributed by atoms with Crippen molar-refractivity contribution in [1.82, 2.24) is 20.5 Å². The fraction of sp³-hybridized carbons (Fsp3) is 0.450. The maximum absolute atomic E-state index is 12.7. The molecule has 0 aromatic carbocycles. The van der Waals surface area contributed by atoms with E-state index in [1.165, 1.54) is 11.4 Å². The Morgan fingerprint density at radius 2 is 2.03 bits per heavy atom. The summed E-state index contributed by atoms with van der Waals surface area (Å²) in [6.07, 6.45) is 9.43. The summed E-state index contributed by atoms with van der Waals surface area (Å²) in [6.45, 7) is 8.22. The Morgan fingerprint density at radius 3 is 2.65 bits per heavy atom. The van der Waals surface area contributed by atoms with E-state index in [0.717, 1.165) is 36.4 Å². The average Bonchev–Trinajstić information content (AvgIpc) is 3.21. The van der Waals surface area contributed by atoms with E-state index < -0.39 is 5.91 Å². The standard InChI is InChI=1S/C20H32N8O2S/c1-3-15(31)8-7-14(2)9-10-24-20(29)17(21)16(13-27-11-5-4-6-12-27)28(23)19-18(22)25-30-26-19/h3,7-8,31H,1,4-6,9-13,21,23H2,2H3,(H2,22,25)(H,24,29)/b14-7+,15-8+,17-16-. The molecule has 10 nitrogen and oxygen atoms in total. The van der Waals surface area contributed by atoms with E-state index in [1.54, 1.807) is 6.08 Å². The number of amides is 1. The molecule has 1 aromatic rings. The van der Waals surface area contributed by atoms with Crippen LogP contribution in [0.15, 0.2) is 51.3 Å². The number of carbonyl (C=O) groups excluding carboxylic acids is 1. The number of likely N-dealkylation sites (tertiary alicyclic amines) is 1. The summed E-state index contributed by atoms with van der Waals surface area (Å²) in [5.41, 5.74) is 13.5. The third-order valence-corrected chi connectivity index (χ3v) is 5.28. The van der Waals surface area contributed by atoms with Gasteiger partial charge in [0.05, 0.1) is 5.70 Å². The van der Waals surface area contributed by atoms with Crippen molar-refractivity contribution in [2.75, 3.05) is 36.9 Å². The topological polar surface area (TPSA) is 153 Å². The molecule has 1 fully saturated rings. The second-order valence-electron chi connectivity index (χ2n) is 7.35. The van der Waals surface area contributed by atoms with Crippen LogP contribution in [0.3, 0.4) is 0 Å². The third kappa shape index (κ3) is 7.46. The Bertz CT molecular complexity index is 855. The molecule has 1 amide bonds. The molecule has 1 aromatic heterocycles. The zero-order chi connectivity index (χ0) is 22.8. The van der Waals surface area contributed by atoms with Gasteiger partial charge in [0.25, 0.3) is 5.91 Å². The molecule has 1 saturated heterocycles. The van der Waals surface area contributed by atoms with Gasteiger partial charge in [-0.25, -0.2) is 10.5 Å². The zero-order valence-corrected chi connectivity index (χ0v) is 18.8. The number of carbonyl (C=O) groups is 1. The number of hydrogen-bond acceptors (Lipinski definition) is 10. The molecule has 1 aliphatic heterocycles. The minimum absolute atomic E-state index is 0.00121. The molecule has 0 spiro atoms. The van der Waals surface area contributed by atoms with Crippen LogP contribution in [-0.2, 0) is 4.79 Å². The van der Waals surface area contributed by atoms with E-state index in [4.69, 9.17) is 17.3 Å². The zero-order valence-electron chi connectivity index (χ0n) is 17.9. The minimum atomic E-state index is -0.415. The highest BCUT2D eigenvalue weighted by atomic mass is 32.1. The van der Waals surface area contributed by atoms with Crippen molar-refractivity contribution in [1.29, 1.82) is 0 Å². The predicted molar refractivity (Wildman–Crippen MR) is 126 cm³/mol. The summed E-state index contributed by atoms with van der Waals surface area (Å²) in [5.74, 6) is 5.93. The van der Waals surface area contributed by atoms with Crippen LogP contribution in [0.1, 0.15) is 32.6 Å². The van der Waals surface area contributed by atoms with Gasteiger partial charge in [-0.3, -0.25) is 14.7 Å². The van der Waals surface area contributed by atoms with Crippen molar-refractivity contribution in [2.24, 2.45) is 11.6 Å². The molecule has 0 unspecified atom stereocenters. The van der Waals surface area contributed by atoms with Crippen LogP contribution in [0.25, 0.3) is 0 Å². The largest absolute Gasteiger partial charge is 0.393 e. The number of allylic oxidation sites excluding steroid dienone is 3. The number of rotatable bonds is 10. The van der Waals surface area contributed by atoms with E-state index in [9.17, 15) is 4.79 Å². The van der Waals surface area contributed by atoms with Gasteiger partial charge in [0.1, 0.15) is 5.70 Å². The third-order valence-electron chi connectivity index (χ3n) is 4.94. The van der Waals surface area contributed by atoms with Crippen molar-refractivity contribution in [3.63, 3.8) is 0 Å². The summed E-state index contributed by atoms with van der Waals surface area (Å²) < 4.78 is 4.64. The van der Waals surface area contributed by atoms with E-state index in [0.29, 0.717) is 25.2 Å². The Labute approximate surface area is 188 Å². The monoisotopic (exact) mass is 448 g/mol. The number of nitrogen functional groups attached to an aromatic ring is 1. The number of nitrogens with one attached hydrogen (secondary N) is 1. The predicted octanol–water partition coefficient (Wildman–Crippen LogP) is 1.44. The van der Waals surface area contributed by atoms with Crippen LogP contribution >= 0.6 is 12.6 Å². The average molecular weight is 449 g/mol. The first kappa shape index (κ1) is 24.5. The molecule has 0 atom stereocenters. The maximum atomic E-state index is 12.7. The number of piperidine rings is 1. The quantitative estimate of drug-likeness (QED) is 0.118. The molecule has 11 heteroatoms. The van der Waals surface area contributed by atoms with E-state index in [-0.39, 0.29) is 17.3 Å². The van der Waals surface area contributed by atoms with Crippen molar-refractivity contribution < 1.29 is 9.42 Å². The summed E-state index contributed by atoms with van der Waals surface area (Å²) in [7, 11) is 0. The summed E-state index contributed by atoms with van der Waals surface area (Å²) in [6, 6.07) is 0. The molecule has 2 heterocycles. The number of hydrogen-bond donors (Lipinski definition) is 5. The van der Waals surface area contributed by atoms with Gasteiger partial charge in [-0.2, -0.15) is 0 Å². The maximum Gasteiger partial charge on any atom is 0.269 e. The first-order valence-corrected chi connectivity index (χ1v) is 10.6. The summed E-state index contributed by atoms with van der Waals surface area (Å²) >= 11 is 4.24. The molecular weight excluding hydrogens is 416 g/mol. The van der Waals surface area contributed by atoms with Crippen molar-refractivity contribution >= 4 is 30.2 Å². The van der Waals surface area contributed by atoms with Crippen molar-refractivity contribution in [3.8, 4) is 0 Å². The van der Waals surface area contributed by atoms with Gasteiger partial charge in [-0.1, -0.05) is 30.7 Å². The van der Waals surface area contributed by atoms with Crippen molar-refractivity contribution in [3.05, 3.63) is 46.7 Å². The Hall–Kier alpha value is -2.76. The normalized spacial score (nSPS) is 16.6. The number of thiol groups is 1. The van der Waals surface area contributed by atoms with E-state index >= 15 is 0 Å². The molecule has 7 N–H and O–H groups in total. The summed E-state index contributed by atoms with van der Waals surface area (Å²) in [4.78, 5) is 15.7. The fourth-order valence-corrected chi connectivity index (χ4v) is 3.16. The first-order chi connectivity index (χ1) is 14.8. The number of anilines is 2. The van der Waals surface area contributed by atoms with Crippen LogP contribution in [0.2, 0.25) is 0 Å².